The largest absolute Gasteiger partial charge is 0.477 e. The highest BCUT2D eigenvalue weighted by Crippen LogP contribution is 2.51. The summed E-state index contributed by atoms with van der Waals surface area (Å²) >= 11 is 2.87. The van der Waals surface area contributed by atoms with Crippen LogP contribution in [0.25, 0.3) is 0 Å². The number of nitrogens with zero attached hydrogens (tertiary/aromatic N) is 5. The molecule has 2 N–H and O–H groups in total. The fraction of sp³-hybridized carbons (Fsp3) is 0.615. The summed E-state index contributed by atoms with van der Waals surface area (Å²) in [5.74, 6) is -1.19. The number of aryl methyl sites for hydroxylation is 1. The van der Waals surface area contributed by atoms with Gasteiger partial charge >= 0.3 is 5.97 Å². The molecule has 0 saturated carbocycles. The minimum Gasteiger partial charge on any atom is -0.477 e. The molecule has 3 heterocycles. The predicted molar refractivity (Wildman–Crippen MR) is 86.8 cm³/mol. The molecule has 0 unspecified atom stereocenters. The van der Waals surface area contributed by atoms with Gasteiger partial charge < -0.3 is 10.2 Å². The normalized spacial score (nSPS) is 24.1. The first-order chi connectivity index (χ1) is 11.4. The number of β-lactam (4-membered cyclic amide) rings is 1. The van der Waals surface area contributed by atoms with Gasteiger partial charge in [0.2, 0.25) is 11.1 Å². The van der Waals surface area contributed by atoms with Gasteiger partial charge in [0.15, 0.2) is 0 Å². The Kier molecular flexibility index (Phi) is 4.83. The fourth-order valence-corrected chi connectivity index (χ4v) is 5.21. The Morgan fingerprint density at radius 3 is 2.83 bits per heavy atom. The Bertz CT molecular complexity index is 704. The van der Waals surface area contributed by atoms with E-state index in [-0.39, 0.29) is 17.0 Å². The summed E-state index contributed by atoms with van der Waals surface area (Å²) in [5, 5.41) is 30.7. The summed E-state index contributed by atoms with van der Waals surface area (Å²) < 4.78 is 1.58. The number of amides is 1. The highest BCUT2D eigenvalue weighted by molar-refractivity contribution is 8.04. The third-order valence-electron chi connectivity index (χ3n) is 3.94. The average molecular weight is 371 g/mol. The van der Waals surface area contributed by atoms with E-state index in [1.165, 1.54) is 28.4 Å². The van der Waals surface area contributed by atoms with Crippen LogP contribution in [-0.2, 0) is 16.6 Å². The topological polar surface area (TPSA) is 121 Å². The number of aliphatic hydroxyl groups is 1. The molecule has 0 spiro atoms. The third-order valence-corrected chi connectivity index (χ3v) is 6.46. The molecule has 3 rings (SSSR count). The number of aliphatic hydroxyl groups excluding tert-OH is 1. The van der Waals surface area contributed by atoms with Crippen molar-refractivity contribution in [1.29, 1.82) is 0 Å². The molecule has 3 atom stereocenters. The molecule has 0 aliphatic carbocycles. The van der Waals surface area contributed by atoms with E-state index in [0.29, 0.717) is 16.5 Å². The van der Waals surface area contributed by atoms with Crippen LogP contribution in [-0.4, -0.2) is 64.4 Å². The lowest BCUT2D eigenvalue weighted by atomic mass is 9.92. The zero-order valence-corrected chi connectivity index (χ0v) is 14.7. The van der Waals surface area contributed by atoms with Crippen LogP contribution < -0.4 is 0 Å². The molecule has 130 valence electrons. The zero-order chi connectivity index (χ0) is 17.4. The molecule has 1 aromatic heterocycles. The van der Waals surface area contributed by atoms with Gasteiger partial charge in [-0.3, -0.25) is 9.69 Å². The minimum atomic E-state index is -1.09. The molecule has 1 amide bonds. The number of fused-ring (bicyclic) bond motifs is 1. The highest BCUT2D eigenvalue weighted by atomic mass is 32.2. The number of tetrazole rings is 1. The van der Waals surface area contributed by atoms with Crippen molar-refractivity contribution in [3.05, 3.63) is 10.6 Å². The molecule has 1 aromatic rings. The van der Waals surface area contributed by atoms with Crippen LogP contribution in [0.4, 0.5) is 0 Å². The van der Waals surface area contributed by atoms with Gasteiger partial charge in [-0.25, -0.2) is 9.48 Å². The maximum Gasteiger partial charge on any atom is 0.353 e. The van der Waals surface area contributed by atoms with E-state index in [0.717, 1.165) is 12.2 Å². The number of carbonyl (C=O) groups is 2. The van der Waals surface area contributed by atoms with E-state index in [4.69, 9.17) is 0 Å². The van der Waals surface area contributed by atoms with Gasteiger partial charge in [-0.05, 0) is 30.2 Å². The Morgan fingerprint density at radius 1 is 1.50 bits per heavy atom. The summed E-state index contributed by atoms with van der Waals surface area (Å²) in [6, 6.07) is 0. The molecule has 9 nitrogen and oxygen atoms in total. The van der Waals surface area contributed by atoms with Crippen LogP contribution >= 0.6 is 23.5 Å². The van der Waals surface area contributed by atoms with Gasteiger partial charge in [-0.15, -0.1) is 16.9 Å². The van der Waals surface area contributed by atoms with Crippen molar-refractivity contribution in [1.82, 2.24) is 25.1 Å². The van der Waals surface area contributed by atoms with E-state index in [2.05, 4.69) is 15.5 Å². The van der Waals surface area contributed by atoms with Gasteiger partial charge in [-0.1, -0.05) is 11.8 Å². The second-order valence-corrected chi connectivity index (χ2v) is 7.87. The number of carboxylic acid groups (broad SMARTS) is 1. The second-order valence-electron chi connectivity index (χ2n) is 5.60. The number of hydrogen-bond acceptors (Lipinski definition) is 8. The average Bonchev–Trinajstić information content (AvgIpc) is 3.05. The zero-order valence-electron chi connectivity index (χ0n) is 13.1. The fourth-order valence-electron chi connectivity index (χ4n) is 2.77. The molecular formula is C13H17N5O4S2. The van der Waals surface area contributed by atoms with Crippen molar-refractivity contribution in [2.45, 2.75) is 36.4 Å². The van der Waals surface area contributed by atoms with Gasteiger partial charge in [0, 0.05) is 17.7 Å². The summed E-state index contributed by atoms with van der Waals surface area (Å²) in [5.41, 5.74) is 0.0669. The second kappa shape index (κ2) is 6.73. The van der Waals surface area contributed by atoms with E-state index in [1.54, 1.807) is 18.7 Å². The van der Waals surface area contributed by atoms with Crippen molar-refractivity contribution in [3.8, 4) is 0 Å². The maximum atomic E-state index is 12.1. The lowest BCUT2D eigenvalue weighted by Gasteiger charge is -2.43. The number of carbonyl (C=O) groups excluding carboxylic acids is 1. The Balaban J connectivity index is 1.61. The maximum absolute atomic E-state index is 12.1. The van der Waals surface area contributed by atoms with Crippen LogP contribution in [0.15, 0.2) is 15.8 Å². The van der Waals surface area contributed by atoms with E-state index >= 15 is 0 Å². The Labute approximate surface area is 146 Å². The number of hydrogen-bond donors (Lipinski definition) is 2. The van der Waals surface area contributed by atoms with Crippen LogP contribution in [0.1, 0.15) is 19.8 Å². The van der Waals surface area contributed by atoms with Crippen LogP contribution in [0, 0.1) is 5.92 Å². The first-order valence-electron chi connectivity index (χ1n) is 7.41. The molecule has 0 radical (unpaired) electrons. The summed E-state index contributed by atoms with van der Waals surface area (Å²) in [6.45, 7) is 1.56. The van der Waals surface area contributed by atoms with Crippen molar-refractivity contribution in [2.75, 3.05) is 5.75 Å². The van der Waals surface area contributed by atoms with E-state index in [1.807, 2.05) is 0 Å². The Morgan fingerprint density at radius 2 is 2.25 bits per heavy atom. The van der Waals surface area contributed by atoms with Gasteiger partial charge in [0.05, 0.1) is 12.0 Å². The summed E-state index contributed by atoms with van der Waals surface area (Å²) in [7, 11) is 1.76. The number of aliphatic carboxylic acids is 1. The van der Waals surface area contributed by atoms with Crippen molar-refractivity contribution >= 4 is 35.4 Å². The molecule has 11 heteroatoms. The molecule has 0 aromatic carbocycles. The molecule has 1 fully saturated rings. The quantitative estimate of drug-likeness (QED) is 0.395. The predicted octanol–water partition coefficient (Wildman–Crippen LogP) is 0.291. The third kappa shape index (κ3) is 2.91. The molecule has 2 aliphatic rings. The van der Waals surface area contributed by atoms with Crippen molar-refractivity contribution in [3.63, 3.8) is 0 Å². The van der Waals surface area contributed by atoms with Crippen molar-refractivity contribution < 1.29 is 19.8 Å². The summed E-state index contributed by atoms with van der Waals surface area (Å²) in [6.07, 6.45) is 0.530. The minimum absolute atomic E-state index is 0.0669. The van der Waals surface area contributed by atoms with Crippen LogP contribution in [0.2, 0.25) is 0 Å². The van der Waals surface area contributed by atoms with E-state index in [9.17, 15) is 19.8 Å². The van der Waals surface area contributed by atoms with Crippen LogP contribution in [0.5, 0.6) is 0 Å². The Hall–Kier alpha value is -1.59. The number of allylic oxidation sites excluding steroid dienone is 1. The molecular weight excluding hydrogens is 354 g/mol. The van der Waals surface area contributed by atoms with Crippen molar-refractivity contribution in [2.24, 2.45) is 13.0 Å². The van der Waals surface area contributed by atoms with E-state index < -0.39 is 18.0 Å². The SMILES string of the molecule is C[C@@H](O)[C@H]1C(=O)N2C(C(=O)O)=C(CCCSc3nnnn3C)S[C@H]12. The monoisotopic (exact) mass is 371 g/mol. The first-order valence-corrected chi connectivity index (χ1v) is 9.27. The molecule has 0 bridgehead atoms. The molecule has 1 saturated heterocycles. The smallest absolute Gasteiger partial charge is 0.353 e. The number of rotatable bonds is 7. The molecule has 2 aliphatic heterocycles. The standard InChI is InChI=1S/C13H17N5O4S2/c1-6(19)8-10(20)18-9(12(21)22)7(24-11(8)18)4-3-5-23-13-14-15-16-17(13)2/h6,8,11,19H,3-5H2,1-2H3,(H,21,22)/t6-,8+,11-/m1/s1. The highest BCUT2D eigenvalue weighted by Gasteiger charge is 2.57. The van der Waals surface area contributed by atoms with Gasteiger partial charge in [0.25, 0.3) is 0 Å². The van der Waals surface area contributed by atoms with Gasteiger partial charge in [0.1, 0.15) is 11.1 Å². The number of carboxylic acids is 1. The number of thioether (sulfide) groups is 2. The number of aromatic nitrogens is 4. The summed E-state index contributed by atoms with van der Waals surface area (Å²) in [4.78, 5) is 25.6. The molecule has 24 heavy (non-hydrogen) atoms. The lowest BCUT2D eigenvalue weighted by molar-refractivity contribution is -0.156. The van der Waals surface area contributed by atoms with Crippen LogP contribution in [0.3, 0.4) is 0 Å². The first kappa shape index (κ1) is 17.2. The lowest BCUT2D eigenvalue weighted by Crippen LogP contribution is -2.60. The van der Waals surface area contributed by atoms with Gasteiger partial charge in [-0.2, -0.15) is 0 Å².